The highest BCUT2D eigenvalue weighted by molar-refractivity contribution is 6.32. The fourth-order valence-corrected chi connectivity index (χ4v) is 2.06. The molecule has 0 heterocycles. The molecule has 0 aliphatic rings. The number of ether oxygens (including phenoxy) is 7. The van der Waals surface area contributed by atoms with E-state index < -0.39 is 17.7 Å². The number of aliphatic carboxylic acids is 1. The Morgan fingerprint density at radius 1 is 0.562 bits per heavy atom. The van der Waals surface area contributed by atoms with Crippen LogP contribution in [0.5, 0.6) is 0 Å². The minimum absolute atomic E-state index is 0.0288. The van der Waals surface area contributed by atoms with E-state index in [2.05, 4.69) is 6.92 Å². The van der Waals surface area contributed by atoms with Gasteiger partial charge in [-0.05, 0) is 6.42 Å². The molecule has 11 nitrogen and oxygen atoms in total. The Balaban J connectivity index is 3.15. The molecule has 1 N–H and O–H groups in total. The van der Waals surface area contributed by atoms with E-state index in [4.69, 9.17) is 38.3 Å². The zero-order chi connectivity index (χ0) is 23.7. The number of carboxylic acid groups (broad SMARTS) is 1. The predicted molar refractivity (Wildman–Crippen MR) is 113 cm³/mol. The molecule has 0 saturated carbocycles. The van der Waals surface area contributed by atoms with E-state index in [9.17, 15) is 14.4 Å². The van der Waals surface area contributed by atoms with Crippen LogP contribution in [0.4, 0.5) is 0 Å². The number of Topliss-reactive ketones (excluding diaryl/α,β-unsaturated/α-hetero) is 1. The summed E-state index contributed by atoms with van der Waals surface area (Å²) < 4.78 is 36.9. The standard InChI is InChI=1S/C21H38O11/c1-2-3-6-26-7-8-27-9-10-28-11-12-29-13-14-30-15-16-31-17-18-32-20(23)5-4-19(22)21(24)25/h2-18H2,1H3,(H,24,25). The Bertz CT molecular complexity index is 471. The number of ketones is 1. The third-order valence-electron chi connectivity index (χ3n) is 3.79. The third-order valence-corrected chi connectivity index (χ3v) is 3.79. The summed E-state index contributed by atoms with van der Waals surface area (Å²) in [5.41, 5.74) is 0. The summed E-state index contributed by atoms with van der Waals surface area (Å²) in [6.07, 6.45) is 1.57. The van der Waals surface area contributed by atoms with Crippen molar-refractivity contribution >= 4 is 17.7 Å². The van der Waals surface area contributed by atoms with Crippen LogP contribution in [0, 0.1) is 0 Å². The summed E-state index contributed by atoms with van der Waals surface area (Å²) in [6, 6.07) is 0. The van der Waals surface area contributed by atoms with Gasteiger partial charge in [-0.1, -0.05) is 13.3 Å². The Hall–Kier alpha value is -1.63. The van der Waals surface area contributed by atoms with E-state index in [0.717, 1.165) is 19.4 Å². The highest BCUT2D eigenvalue weighted by atomic mass is 16.6. The van der Waals surface area contributed by atoms with E-state index in [1.807, 2.05) is 0 Å². The van der Waals surface area contributed by atoms with Gasteiger partial charge in [-0.3, -0.25) is 9.59 Å². The molecule has 0 spiro atoms. The highest BCUT2D eigenvalue weighted by Gasteiger charge is 2.14. The first-order valence-electron chi connectivity index (χ1n) is 11.0. The van der Waals surface area contributed by atoms with Crippen LogP contribution in [0.1, 0.15) is 32.6 Å². The molecular formula is C21H38O11. The molecule has 0 aromatic carbocycles. The molecule has 0 unspecified atom stereocenters. The quantitative estimate of drug-likeness (QED) is 0.117. The predicted octanol–water partition coefficient (Wildman–Crippen LogP) is 0.863. The van der Waals surface area contributed by atoms with Gasteiger partial charge in [-0.2, -0.15) is 0 Å². The van der Waals surface area contributed by atoms with E-state index in [1.54, 1.807) is 0 Å². The lowest BCUT2D eigenvalue weighted by Gasteiger charge is -2.08. The van der Waals surface area contributed by atoms with Crippen molar-refractivity contribution in [1.29, 1.82) is 0 Å². The normalized spacial score (nSPS) is 10.9. The fraction of sp³-hybridized carbons (Fsp3) is 0.857. The van der Waals surface area contributed by atoms with Crippen LogP contribution in [0.25, 0.3) is 0 Å². The smallest absolute Gasteiger partial charge is 0.372 e. The van der Waals surface area contributed by atoms with Crippen molar-refractivity contribution in [3.05, 3.63) is 0 Å². The lowest BCUT2D eigenvalue weighted by molar-refractivity contribution is -0.151. The number of rotatable bonds is 25. The van der Waals surface area contributed by atoms with Gasteiger partial charge in [0.15, 0.2) is 0 Å². The maximum absolute atomic E-state index is 11.3. The molecule has 0 fully saturated rings. The van der Waals surface area contributed by atoms with Crippen molar-refractivity contribution in [2.24, 2.45) is 0 Å². The number of carbonyl (C=O) groups is 3. The van der Waals surface area contributed by atoms with Crippen LogP contribution >= 0.6 is 0 Å². The van der Waals surface area contributed by atoms with Crippen molar-refractivity contribution in [2.45, 2.75) is 32.6 Å². The zero-order valence-corrected chi connectivity index (χ0v) is 19.1. The van der Waals surface area contributed by atoms with Crippen LogP contribution in [0.2, 0.25) is 0 Å². The summed E-state index contributed by atoms with van der Waals surface area (Å²) in [5, 5.41) is 8.40. The average molecular weight is 467 g/mol. The second kappa shape index (κ2) is 24.0. The molecule has 0 bridgehead atoms. The summed E-state index contributed by atoms with van der Waals surface area (Å²) in [7, 11) is 0. The van der Waals surface area contributed by atoms with Crippen molar-refractivity contribution in [1.82, 2.24) is 0 Å². The first-order chi connectivity index (χ1) is 15.6. The number of carboxylic acids is 1. The molecule has 0 amide bonds. The molecule has 0 radical (unpaired) electrons. The van der Waals surface area contributed by atoms with Gasteiger partial charge in [-0.15, -0.1) is 0 Å². The van der Waals surface area contributed by atoms with Gasteiger partial charge in [0.05, 0.1) is 79.1 Å². The minimum Gasteiger partial charge on any atom is -0.476 e. The van der Waals surface area contributed by atoms with Crippen molar-refractivity contribution in [3.8, 4) is 0 Å². The van der Waals surface area contributed by atoms with Crippen molar-refractivity contribution < 1.29 is 52.6 Å². The Labute approximate surface area is 189 Å². The van der Waals surface area contributed by atoms with E-state index in [1.165, 1.54) is 0 Å². The molecule has 0 aromatic rings. The SMILES string of the molecule is CCCCOCCOCCOCCOCCOCCOCCOC(=O)CCC(=O)C(=O)O. The maximum Gasteiger partial charge on any atom is 0.372 e. The second-order valence-electron chi connectivity index (χ2n) is 6.48. The largest absolute Gasteiger partial charge is 0.476 e. The minimum atomic E-state index is -1.56. The van der Waals surface area contributed by atoms with E-state index in [-0.39, 0.29) is 26.1 Å². The lowest BCUT2D eigenvalue weighted by atomic mass is 10.2. The third kappa shape index (κ3) is 23.0. The molecular weight excluding hydrogens is 428 g/mol. The van der Waals surface area contributed by atoms with Crippen LogP contribution < -0.4 is 0 Å². The molecule has 0 rings (SSSR count). The number of hydrogen-bond acceptors (Lipinski definition) is 10. The molecule has 0 saturated heterocycles. The first kappa shape index (κ1) is 30.4. The molecule has 188 valence electrons. The summed E-state index contributed by atoms with van der Waals surface area (Å²) in [4.78, 5) is 32.4. The monoisotopic (exact) mass is 466 g/mol. The Kier molecular flexibility index (Phi) is 22.8. The van der Waals surface area contributed by atoms with Gasteiger partial charge < -0.3 is 38.3 Å². The Morgan fingerprint density at radius 3 is 1.31 bits per heavy atom. The number of carbonyl (C=O) groups excluding carboxylic acids is 2. The second-order valence-corrected chi connectivity index (χ2v) is 6.48. The topological polar surface area (TPSA) is 136 Å². The van der Waals surface area contributed by atoms with Crippen molar-refractivity contribution in [2.75, 3.05) is 85.9 Å². The molecule has 32 heavy (non-hydrogen) atoms. The molecule has 0 aliphatic carbocycles. The summed E-state index contributed by atoms with van der Waals surface area (Å²) >= 11 is 0. The van der Waals surface area contributed by atoms with Crippen molar-refractivity contribution in [3.63, 3.8) is 0 Å². The Morgan fingerprint density at radius 2 is 0.938 bits per heavy atom. The first-order valence-corrected chi connectivity index (χ1v) is 11.0. The highest BCUT2D eigenvalue weighted by Crippen LogP contribution is 1.95. The number of unbranched alkanes of at least 4 members (excludes halogenated alkanes) is 1. The van der Waals surface area contributed by atoms with E-state index in [0.29, 0.717) is 66.1 Å². The number of esters is 1. The van der Waals surface area contributed by atoms with Crippen LogP contribution in [-0.4, -0.2) is 109 Å². The van der Waals surface area contributed by atoms with E-state index >= 15 is 0 Å². The number of hydrogen-bond donors (Lipinski definition) is 1. The fourth-order valence-electron chi connectivity index (χ4n) is 2.06. The maximum atomic E-state index is 11.3. The van der Waals surface area contributed by atoms with Gasteiger partial charge in [-0.25, -0.2) is 4.79 Å². The molecule has 11 heteroatoms. The molecule has 0 aliphatic heterocycles. The van der Waals surface area contributed by atoms with Gasteiger partial charge in [0.2, 0.25) is 5.78 Å². The molecule has 0 atom stereocenters. The van der Waals surface area contributed by atoms with Gasteiger partial charge in [0, 0.05) is 13.0 Å². The summed E-state index contributed by atoms with van der Waals surface area (Å²) in [6.45, 7) is 7.91. The van der Waals surface area contributed by atoms with Gasteiger partial charge in [0.25, 0.3) is 0 Å². The van der Waals surface area contributed by atoms with Crippen LogP contribution in [-0.2, 0) is 47.5 Å². The van der Waals surface area contributed by atoms with Crippen LogP contribution in [0.3, 0.4) is 0 Å². The lowest BCUT2D eigenvalue weighted by Crippen LogP contribution is -2.17. The van der Waals surface area contributed by atoms with Gasteiger partial charge >= 0.3 is 11.9 Å². The van der Waals surface area contributed by atoms with Crippen LogP contribution in [0.15, 0.2) is 0 Å². The average Bonchev–Trinajstić information content (AvgIpc) is 2.78. The van der Waals surface area contributed by atoms with Gasteiger partial charge in [0.1, 0.15) is 6.61 Å². The summed E-state index contributed by atoms with van der Waals surface area (Å²) in [5.74, 6) is -3.21. The molecule has 0 aromatic heterocycles. The zero-order valence-electron chi connectivity index (χ0n) is 19.1.